The minimum Gasteiger partial charge on any atom is -0.283 e. The SMILES string of the molecule is CC(C)c1cccc(Cl)[n+]1O. The van der Waals surface area contributed by atoms with E-state index in [0.717, 1.165) is 10.4 Å². The molecule has 0 aliphatic carbocycles. The Morgan fingerprint density at radius 2 is 2.09 bits per heavy atom. The summed E-state index contributed by atoms with van der Waals surface area (Å²) in [4.78, 5) is 0. The summed E-state index contributed by atoms with van der Waals surface area (Å²) >= 11 is 5.67. The number of hydrogen-bond acceptors (Lipinski definition) is 1. The Morgan fingerprint density at radius 3 is 2.55 bits per heavy atom. The van der Waals surface area contributed by atoms with Crippen LogP contribution < -0.4 is 4.73 Å². The molecule has 0 aliphatic rings. The van der Waals surface area contributed by atoms with Crippen molar-refractivity contribution in [2.45, 2.75) is 19.8 Å². The molecule has 1 aromatic rings. The van der Waals surface area contributed by atoms with Gasteiger partial charge in [-0.2, -0.15) is 0 Å². The highest BCUT2D eigenvalue weighted by Crippen LogP contribution is 2.10. The van der Waals surface area contributed by atoms with Gasteiger partial charge in [-0.25, -0.2) is 0 Å². The smallest absolute Gasteiger partial charge is 0.283 e. The number of halogens is 1. The molecule has 1 N–H and O–H groups in total. The number of nitrogens with zero attached hydrogens (tertiary/aromatic N) is 1. The summed E-state index contributed by atoms with van der Waals surface area (Å²) in [5.41, 5.74) is 0.817. The molecule has 0 amide bonds. The van der Waals surface area contributed by atoms with Crippen molar-refractivity contribution in [1.29, 1.82) is 0 Å². The quantitative estimate of drug-likeness (QED) is 0.391. The van der Waals surface area contributed by atoms with Gasteiger partial charge in [-0.1, -0.05) is 13.8 Å². The van der Waals surface area contributed by atoms with Gasteiger partial charge < -0.3 is 0 Å². The summed E-state index contributed by atoms with van der Waals surface area (Å²) in [5.74, 6) is 0.277. The predicted octanol–water partition coefficient (Wildman–Crippen LogP) is 1.99. The topological polar surface area (TPSA) is 24.1 Å². The zero-order chi connectivity index (χ0) is 8.43. The van der Waals surface area contributed by atoms with Crippen LogP contribution in [0, 0.1) is 0 Å². The Kier molecular flexibility index (Phi) is 2.35. The van der Waals surface area contributed by atoms with Crippen molar-refractivity contribution in [1.82, 2.24) is 0 Å². The molecule has 0 aliphatic heterocycles. The second-order valence-corrected chi connectivity index (χ2v) is 3.13. The molecule has 0 saturated carbocycles. The minimum atomic E-state index is 0.277. The van der Waals surface area contributed by atoms with Crippen LogP contribution in [0.1, 0.15) is 25.5 Å². The fourth-order valence-electron chi connectivity index (χ4n) is 0.928. The van der Waals surface area contributed by atoms with Crippen LogP contribution in [0.4, 0.5) is 0 Å². The molecule has 0 atom stereocenters. The molecule has 0 saturated heterocycles. The second-order valence-electron chi connectivity index (χ2n) is 2.74. The predicted molar refractivity (Wildman–Crippen MR) is 42.9 cm³/mol. The van der Waals surface area contributed by atoms with E-state index < -0.39 is 0 Å². The molecule has 0 bridgehead atoms. The molecule has 11 heavy (non-hydrogen) atoms. The lowest BCUT2D eigenvalue weighted by Gasteiger charge is -1.99. The Bertz CT molecular complexity index is 260. The van der Waals surface area contributed by atoms with Gasteiger partial charge in [-0.05, 0) is 17.7 Å². The molecule has 60 valence electrons. The Morgan fingerprint density at radius 1 is 1.45 bits per heavy atom. The minimum absolute atomic E-state index is 0.277. The molecular weight excluding hydrogens is 162 g/mol. The van der Waals surface area contributed by atoms with Crippen molar-refractivity contribution in [3.63, 3.8) is 0 Å². The van der Waals surface area contributed by atoms with E-state index in [0.29, 0.717) is 5.15 Å². The van der Waals surface area contributed by atoms with E-state index in [1.807, 2.05) is 26.0 Å². The lowest BCUT2D eigenvalue weighted by molar-refractivity contribution is -0.908. The van der Waals surface area contributed by atoms with E-state index in [-0.39, 0.29) is 5.92 Å². The third-order valence-corrected chi connectivity index (χ3v) is 1.83. The van der Waals surface area contributed by atoms with Gasteiger partial charge in [-0.15, -0.1) is 0 Å². The average molecular weight is 173 g/mol. The van der Waals surface area contributed by atoms with Crippen molar-refractivity contribution in [2.24, 2.45) is 0 Å². The normalized spacial score (nSPS) is 10.5. The van der Waals surface area contributed by atoms with Crippen LogP contribution in [0.3, 0.4) is 0 Å². The van der Waals surface area contributed by atoms with Crippen molar-refractivity contribution in [2.75, 3.05) is 0 Å². The maximum Gasteiger partial charge on any atom is 0.325 e. The molecule has 0 unspecified atom stereocenters. The van der Waals surface area contributed by atoms with E-state index >= 15 is 0 Å². The van der Waals surface area contributed by atoms with E-state index in [1.54, 1.807) is 6.07 Å². The summed E-state index contributed by atoms with van der Waals surface area (Å²) in [6, 6.07) is 5.31. The van der Waals surface area contributed by atoms with Crippen LogP contribution in [0.25, 0.3) is 0 Å². The Balaban J connectivity index is 3.17. The first-order valence-electron chi connectivity index (χ1n) is 3.52. The number of hydrogen-bond donors (Lipinski definition) is 1. The summed E-state index contributed by atoms with van der Waals surface area (Å²) in [6.07, 6.45) is 0. The molecule has 0 fully saturated rings. The number of rotatable bonds is 1. The van der Waals surface area contributed by atoms with Crippen LogP contribution in [0.15, 0.2) is 18.2 Å². The van der Waals surface area contributed by atoms with Crippen molar-refractivity contribution < 1.29 is 9.94 Å². The van der Waals surface area contributed by atoms with Crippen LogP contribution in [-0.4, -0.2) is 5.21 Å². The van der Waals surface area contributed by atoms with Gasteiger partial charge in [0, 0.05) is 22.8 Å². The highest BCUT2D eigenvalue weighted by Gasteiger charge is 2.16. The zero-order valence-corrected chi connectivity index (χ0v) is 7.34. The standard InChI is InChI=1S/C8H11ClNO/c1-6(2)7-4-3-5-8(9)10(7)11/h3-6,11H,1-2H3/q+1. The van der Waals surface area contributed by atoms with E-state index in [9.17, 15) is 5.21 Å². The molecule has 2 nitrogen and oxygen atoms in total. The van der Waals surface area contributed by atoms with Gasteiger partial charge in [0.15, 0.2) is 0 Å². The third kappa shape index (κ3) is 1.63. The fourth-order valence-corrected chi connectivity index (χ4v) is 1.10. The number of pyridine rings is 1. The van der Waals surface area contributed by atoms with Crippen LogP contribution in [0.5, 0.6) is 0 Å². The summed E-state index contributed by atoms with van der Waals surface area (Å²) < 4.78 is 1.01. The number of aromatic nitrogens is 1. The first-order valence-corrected chi connectivity index (χ1v) is 3.90. The highest BCUT2D eigenvalue weighted by molar-refractivity contribution is 6.28. The highest BCUT2D eigenvalue weighted by atomic mass is 35.5. The first-order chi connectivity index (χ1) is 5.13. The van der Waals surface area contributed by atoms with Gasteiger partial charge in [0.1, 0.15) is 0 Å². The largest absolute Gasteiger partial charge is 0.325 e. The van der Waals surface area contributed by atoms with Crippen LogP contribution >= 0.6 is 11.6 Å². The van der Waals surface area contributed by atoms with Gasteiger partial charge in [0.25, 0.3) is 0 Å². The molecular formula is C8H11ClNO+. The Hall–Kier alpha value is -0.760. The third-order valence-electron chi connectivity index (χ3n) is 1.54. The molecule has 1 aromatic heterocycles. The summed E-state index contributed by atoms with van der Waals surface area (Å²) in [7, 11) is 0. The van der Waals surface area contributed by atoms with Gasteiger partial charge in [0.2, 0.25) is 5.69 Å². The van der Waals surface area contributed by atoms with E-state index in [2.05, 4.69) is 0 Å². The zero-order valence-electron chi connectivity index (χ0n) is 6.58. The molecule has 0 spiro atoms. The lowest BCUT2D eigenvalue weighted by Crippen LogP contribution is -2.36. The molecule has 0 radical (unpaired) electrons. The monoisotopic (exact) mass is 172 g/mol. The lowest BCUT2D eigenvalue weighted by atomic mass is 10.1. The van der Waals surface area contributed by atoms with Gasteiger partial charge in [0.05, 0.1) is 0 Å². The fraction of sp³-hybridized carbons (Fsp3) is 0.375. The first kappa shape index (κ1) is 8.34. The maximum absolute atomic E-state index is 9.35. The molecule has 1 rings (SSSR count). The Labute approximate surface area is 71.0 Å². The maximum atomic E-state index is 9.35. The van der Waals surface area contributed by atoms with Crippen molar-refractivity contribution in [3.05, 3.63) is 29.0 Å². The van der Waals surface area contributed by atoms with Crippen molar-refractivity contribution in [3.8, 4) is 0 Å². The molecule has 1 heterocycles. The summed E-state index contributed by atoms with van der Waals surface area (Å²) in [5, 5.41) is 9.70. The van der Waals surface area contributed by atoms with Crippen molar-refractivity contribution >= 4 is 11.6 Å². The van der Waals surface area contributed by atoms with Crippen LogP contribution in [0.2, 0.25) is 5.15 Å². The average Bonchev–Trinajstić information content (AvgIpc) is 1.94. The summed E-state index contributed by atoms with van der Waals surface area (Å²) in [6.45, 7) is 4.00. The molecule has 0 aromatic carbocycles. The van der Waals surface area contributed by atoms with Crippen LogP contribution in [-0.2, 0) is 0 Å². The molecule has 3 heteroatoms. The van der Waals surface area contributed by atoms with Gasteiger partial charge in [-0.3, -0.25) is 5.21 Å². The van der Waals surface area contributed by atoms with E-state index in [1.165, 1.54) is 0 Å². The van der Waals surface area contributed by atoms with Gasteiger partial charge >= 0.3 is 5.15 Å². The second kappa shape index (κ2) is 3.09. The van der Waals surface area contributed by atoms with E-state index in [4.69, 9.17) is 11.6 Å².